The molecular formula is C22H39IN6O6. The number of halogens is 1. The molecule has 0 aliphatic carbocycles. The maximum atomic E-state index is 12.5. The van der Waals surface area contributed by atoms with Crippen LogP contribution in [0, 0.1) is 0 Å². The van der Waals surface area contributed by atoms with Gasteiger partial charge in [-0.3, -0.25) is 33.7 Å². The van der Waals surface area contributed by atoms with Crippen molar-refractivity contribution in [3.05, 3.63) is 0 Å². The quantitative estimate of drug-likeness (QED) is 0.0795. The Morgan fingerprint density at radius 1 is 0.829 bits per heavy atom. The molecule has 0 unspecified atom stereocenters. The molecule has 13 heteroatoms. The Bertz CT molecular complexity index is 765. The number of hydrogen-bond acceptors (Lipinski definition) is 7. The fourth-order valence-corrected chi connectivity index (χ4v) is 3.39. The monoisotopic (exact) mass is 610 g/mol. The predicted octanol–water partition coefficient (Wildman–Crippen LogP) is -1.01. The van der Waals surface area contributed by atoms with Crippen molar-refractivity contribution in [1.29, 1.82) is 0 Å². The fraction of sp³-hybridized carbons (Fsp3) is 0.727. The van der Waals surface area contributed by atoms with Crippen molar-refractivity contribution < 1.29 is 28.8 Å². The van der Waals surface area contributed by atoms with E-state index in [1.54, 1.807) is 6.92 Å². The molecule has 35 heavy (non-hydrogen) atoms. The molecule has 6 N–H and O–H groups in total. The minimum Gasteiger partial charge on any atom is -0.370 e. The molecule has 0 bridgehead atoms. The number of carbonyl (C=O) groups is 6. The lowest BCUT2D eigenvalue weighted by Crippen LogP contribution is -2.56. The number of alkyl halides is 1. The van der Waals surface area contributed by atoms with E-state index in [-0.39, 0.29) is 18.1 Å². The van der Waals surface area contributed by atoms with Gasteiger partial charge in [0.25, 0.3) is 0 Å². The molecule has 0 saturated carbocycles. The first-order valence-corrected chi connectivity index (χ1v) is 13.0. The summed E-state index contributed by atoms with van der Waals surface area (Å²) in [6, 6.07) is -3.58. The van der Waals surface area contributed by atoms with E-state index >= 15 is 0 Å². The molecular weight excluding hydrogens is 571 g/mol. The second kappa shape index (κ2) is 17.2. The third-order valence-corrected chi connectivity index (χ3v) is 6.30. The van der Waals surface area contributed by atoms with Gasteiger partial charge in [-0.15, -0.1) is 0 Å². The van der Waals surface area contributed by atoms with Gasteiger partial charge in [-0.05, 0) is 47.2 Å². The first-order chi connectivity index (χ1) is 16.3. The summed E-state index contributed by atoms with van der Waals surface area (Å²) in [5, 5.41) is 9.81. The van der Waals surface area contributed by atoms with Crippen LogP contribution in [0.4, 0.5) is 0 Å². The van der Waals surface area contributed by atoms with Gasteiger partial charge in [-0.25, -0.2) is 0 Å². The highest BCUT2D eigenvalue weighted by molar-refractivity contribution is 14.1. The zero-order valence-corrected chi connectivity index (χ0v) is 23.3. The van der Waals surface area contributed by atoms with Crippen LogP contribution in [0.5, 0.6) is 0 Å². The van der Waals surface area contributed by atoms with E-state index in [0.717, 1.165) is 19.3 Å². The zero-order valence-electron chi connectivity index (χ0n) is 21.1. The largest absolute Gasteiger partial charge is 0.370 e. The van der Waals surface area contributed by atoms with Crippen LogP contribution in [-0.2, 0) is 28.8 Å². The number of nitrogens with two attached hydrogens (primary N) is 1. The van der Waals surface area contributed by atoms with Gasteiger partial charge in [0.15, 0.2) is 0 Å². The number of nitrogens with zero attached hydrogens (tertiary/aromatic N) is 1. The summed E-state index contributed by atoms with van der Waals surface area (Å²) in [6.45, 7) is 5.31. The van der Waals surface area contributed by atoms with Crippen molar-refractivity contribution >= 4 is 57.9 Å². The van der Waals surface area contributed by atoms with Gasteiger partial charge in [0.1, 0.15) is 23.9 Å². The zero-order chi connectivity index (χ0) is 27.1. The number of primary amides is 1. The number of hydrogen-bond donors (Lipinski definition) is 5. The Labute approximate surface area is 220 Å². The lowest BCUT2D eigenvalue weighted by Gasteiger charge is -2.26. The molecule has 4 atom stereocenters. The third-order valence-electron chi connectivity index (χ3n) is 5.44. The minimum absolute atomic E-state index is 0.239. The first kappa shape index (κ1) is 32.7. The topological polar surface area (TPSA) is 180 Å². The highest BCUT2D eigenvalue weighted by atomic mass is 127. The second-order valence-electron chi connectivity index (χ2n) is 8.45. The lowest BCUT2D eigenvalue weighted by atomic mass is 10.1. The predicted molar refractivity (Wildman–Crippen MR) is 139 cm³/mol. The van der Waals surface area contributed by atoms with Gasteiger partial charge in [-0.1, -0.05) is 29.0 Å². The number of ketones is 1. The van der Waals surface area contributed by atoms with Crippen LogP contribution in [0.15, 0.2) is 0 Å². The van der Waals surface area contributed by atoms with Gasteiger partial charge < -0.3 is 27.0 Å². The fourth-order valence-electron chi connectivity index (χ4n) is 3.01. The van der Waals surface area contributed by atoms with Crippen molar-refractivity contribution in [1.82, 2.24) is 26.2 Å². The number of likely N-dealkylation sites (N-methyl/N-ethyl adjacent to an activating group) is 2. The van der Waals surface area contributed by atoms with Gasteiger partial charge in [0.05, 0.1) is 16.9 Å². The van der Waals surface area contributed by atoms with Crippen LogP contribution in [0.3, 0.4) is 0 Å². The van der Waals surface area contributed by atoms with Gasteiger partial charge in [0.2, 0.25) is 29.5 Å². The summed E-state index contributed by atoms with van der Waals surface area (Å²) in [7, 11) is 3.16. The Morgan fingerprint density at radius 3 is 1.89 bits per heavy atom. The molecule has 0 aliphatic heterocycles. The van der Waals surface area contributed by atoms with E-state index in [1.165, 1.54) is 20.9 Å². The van der Waals surface area contributed by atoms with E-state index in [2.05, 4.69) is 43.9 Å². The molecule has 0 spiro atoms. The third kappa shape index (κ3) is 13.4. The molecule has 0 fully saturated rings. The van der Waals surface area contributed by atoms with Crippen LogP contribution in [0.2, 0.25) is 0 Å². The standard InChI is InChI=1S/C22H39IN6O6/c1-13(27-21(34)15(3)29(5)10-8-6-7-9-16(30)12-23)19(32)26-14(2)20(33)28-17(11-18(24)31)22(35)25-4/h13-15,17H,6-12H2,1-5H3,(H2,24,31)(H,25,35)(H,26,32)(H,27,34)(H,28,33)/t13-,14-,15-,17+/m1/s1. The summed E-state index contributed by atoms with van der Waals surface area (Å²) in [4.78, 5) is 73.5. The SMILES string of the molecule is CNC(=O)[C@H](CC(N)=O)NC(=O)[C@@H](C)NC(=O)[C@@H](C)NC(=O)[C@@H](C)N(C)CCCCCC(=O)CI. The normalized spacial score (nSPS) is 14.3. The first-order valence-electron chi connectivity index (χ1n) is 11.5. The average molecular weight is 610 g/mol. The summed E-state index contributed by atoms with van der Waals surface area (Å²) in [5.41, 5.74) is 5.11. The molecule has 0 saturated heterocycles. The number of rotatable bonds is 17. The smallest absolute Gasteiger partial charge is 0.242 e. The number of unbranched alkanes of at least 4 members (excludes halogenated alkanes) is 2. The number of Topliss-reactive ketones (excluding diaryl/α,β-unsaturated/α-hetero) is 1. The van der Waals surface area contributed by atoms with E-state index in [9.17, 15) is 28.8 Å². The summed E-state index contributed by atoms with van der Waals surface area (Å²) >= 11 is 2.06. The van der Waals surface area contributed by atoms with Gasteiger partial charge in [0, 0.05) is 13.5 Å². The van der Waals surface area contributed by atoms with Crippen LogP contribution < -0.4 is 27.0 Å². The molecule has 200 valence electrons. The van der Waals surface area contributed by atoms with Crippen LogP contribution in [-0.4, -0.2) is 89.5 Å². The minimum atomic E-state index is -1.16. The van der Waals surface area contributed by atoms with E-state index in [1.807, 2.05) is 11.9 Å². The maximum Gasteiger partial charge on any atom is 0.242 e. The Hall–Kier alpha value is -2.29. The number of amides is 5. The highest BCUT2D eigenvalue weighted by Crippen LogP contribution is 2.05. The highest BCUT2D eigenvalue weighted by Gasteiger charge is 2.27. The second-order valence-corrected chi connectivity index (χ2v) is 9.21. The molecule has 0 radical (unpaired) electrons. The van der Waals surface area contributed by atoms with Crippen molar-refractivity contribution in [3.8, 4) is 0 Å². The summed E-state index contributed by atoms with van der Waals surface area (Å²) in [5.74, 6) is -2.72. The Kier molecular flexibility index (Phi) is 16.1. The molecule has 12 nitrogen and oxygen atoms in total. The van der Waals surface area contributed by atoms with Gasteiger partial charge in [-0.2, -0.15) is 0 Å². The van der Waals surface area contributed by atoms with Crippen molar-refractivity contribution in [3.63, 3.8) is 0 Å². The lowest BCUT2D eigenvalue weighted by molar-refractivity contribution is -0.134. The van der Waals surface area contributed by atoms with E-state index in [4.69, 9.17) is 5.73 Å². The Morgan fingerprint density at radius 2 is 1.37 bits per heavy atom. The summed E-state index contributed by atoms with van der Waals surface area (Å²) < 4.78 is 0.524. The van der Waals surface area contributed by atoms with Crippen molar-refractivity contribution in [2.24, 2.45) is 5.73 Å². The van der Waals surface area contributed by atoms with Crippen LogP contribution in [0.1, 0.15) is 52.9 Å². The average Bonchev–Trinajstić information content (AvgIpc) is 2.81. The van der Waals surface area contributed by atoms with E-state index in [0.29, 0.717) is 17.4 Å². The van der Waals surface area contributed by atoms with Crippen molar-refractivity contribution in [2.45, 2.75) is 77.0 Å². The number of carbonyl (C=O) groups excluding carboxylic acids is 6. The molecule has 0 aromatic carbocycles. The molecule has 0 heterocycles. The van der Waals surface area contributed by atoms with Crippen LogP contribution >= 0.6 is 22.6 Å². The number of nitrogens with one attached hydrogen (secondary N) is 4. The van der Waals surface area contributed by atoms with Crippen LogP contribution in [0.25, 0.3) is 0 Å². The molecule has 0 aromatic heterocycles. The molecule has 0 aromatic rings. The maximum absolute atomic E-state index is 12.5. The summed E-state index contributed by atoms with van der Waals surface area (Å²) in [6.07, 6.45) is 2.74. The van der Waals surface area contributed by atoms with Gasteiger partial charge >= 0.3 is 0 Å². The van der Waals surface area contributed by atoms with E-state index < -0.39 is 47.8 Å². The molecule has 0 rings (SSSR count). The molecule has 0 aliphatic rings. The Balaban J connectivity index is 4.61. The molecule has 5 amide bonds. The van der Waals surface area contributed by atoms with Crippen molar-refractivity contribution in [2.75, 3.05) is 25.1 Å².